The molecule has 0 fully saturated rings. The molecule has 3 rings (SSSR count). The molecular formula is C15H14BrN3S. The molecular weight excluding hydrogens is 334 g/mol. The molecule has 0 saturated carbocycles. The molecule has 0 aliphatic carbocycles. The van der Waals surface area contributed by atoms with Crippen molar-refractivity contribution in [3.8, 4) is 0 Å². The summed E-state index contributed by atoms with van der Waals surface area (Å²) in [5, 5.41) is 0.895. The SMILES string of the molecule is CC(N)c1ccc(Sc2nc3ccccc3[nH]2)cc1Br. The Hall–Kier alpha value is -1.30. The van der Waals surface area contributed by atoms with Crippen LogP contribution in [0.3, 0.4) is 0 Å². The molecule has 0 aliphatic rings. The molecule has 1 atom stereocenters. The monoisotopic (exact) mass is 347 g/mol. The van der Waals surface area contributed by atoms with Crippen LogP contribution in [-0.4, -0.2) is 9.97 Å². The smallest absolute Gasteiger partial charge is 0.171 e. The van der Waals surface area contributed by atoms with Gasteiger partial charge in [0.15, 0.2) is 5.16 Å². The number of para-hydroxylation sites is 2. The van der Waals surface area contributed by atoms with Crippen LogP contribution in [0.1, 0.15) is 18.5 Å². The Bertz CT molecular complexity index is 719. The summed E-state index contributed by atoms with van der Waals surface area (Å²) in [4.78, 5) is 9.00. The minimum atomic E-state index is 0.0228. The molecule has 0 amide bonds. The Morgan fingerprint density at radius 3 is 2.75 bits per heavy atom. The van der Waals surface area contributed by atoms with Gasteiger partial charge >= 0.3 is 0 Å². The maximum absolute atomic E-state index is 5.91. The van der Waals surface area contributed by atoms with Crippen LogP contribution in [0.25, 0.3) is 11.0 Å². The second-order valence-electron chi connectivity index (χ2n) is 4.63. The molecule has 2 aromatic carbocycles. The quantitative estimate of drug-likeness (QED) is 0.733. The lowest BCUT2D eigenvalue weighted by Gasteiger charge is -2.09. The Kier molecular flexibility index (Phi) is 3.83. The van der Waals surface area contributed by atoms with Gasteiger partial charge in [0.05, 0.1) is 11.0 Å². The summed E-state index contributed by atoms with van der Waals surface area (Å²) in [7, 11) is 0. The summed E-state index contributed by atoms with van der Waals surface area (Å²) in [5.74, 6) is 0. The highest BCUT2D eigenvalue weighted by atomic mass is 79.9. The van der Waals surface area contributed by atoms with Crippen molar-refractivity contribution in [3.05, 3.63) is 52.5 Å². The summed E-state index contributed by atoms with van der Waals surface area (Å²) in [6.07, 6.45) is 0. The first-order valence-electron chi connectivity index (χ1n) is 6.31. The molecule has 1 aromatic heterocycles. The number of nitrogens with zero attached hydrogens (tertiary/aromatic N) is 1. The summed E-state index contributed by atoms with van der Waals surface area (Å²) in [5.41, 5.74) is 9.07. The maximum Gasteiger partial charge on any atom is 0.171 e. The van der Waals surface area contributed by atoms with E-state index in [-0.39, 0.29) is 6.04 Å². The zero-order chi connectivity index (χ0) is 14.1. The Morgan fingerprint density at radius 1 is 1.25 bits per heavy atom. The van der Waals surface area contributed by atoms with Gasteiger partial charge < -0.3 is 10.7 Å². The molecule has 20 heavy (non-hydrogen) atoms. The van der Waals surface area contributed by atoms with Gasteiger partial charge in [-0.15, -0.1) is 0 Å². The van der Waals surface area contributed by atoms with Crippen LogP contribution in [0, 0.1) is 0 Å². The summed E-state index contributed by atoms with van der Waals surface area (Å²) in [6, 6.07) is 14.3. The van der Waals surface area contributed by atoms with Crippen LogP contribution in [-0.2, 0) is 0 Å². The van der Waals surface area contributed by atoms with E-state index >= 15 is 0 Å². The Morgan fingerprint density at radius 2 is 2.05 bits per heavy atom. The summed E-state index contributed by atoms with van der Waals surface area (Å²) in [6.45, 7) is 1.98. The van der Waals surface area contributed by atoms with Crippen molar-refractivity contribution in [1.29, 1.82) is 0 Å². The van der Waals surface area contributed by atoms with Gasteiger partial charge in [-0.2, -0.15) is 0 Å². The minimum absolute atomic E-state index is 0.0228. The zero-order valence-corrected chi connectivity index (χ0v) is 13.3. The predicted molar refractivity (Wildman–Crippen MR) is 87.0 cm³/mol. The largest absolute Gasteiger partial charge is 0.333 e. The van der Waals surface area contributed by atoms with E-state index in [0.717, 1.165) is 31.1 Å². The fraction of sp³-hybridized carbons (Fsp3) is 0.133. The fourth-order valence-electron chi connectivity index (χ4n) is 2.03. The number of halogens is 1. The van der Waals surface area contributed by atoms with E-state index in [1.807, 2.05) is 31.2 Å². The lowest BCUT2D eigenvalue weighted by atomic mass is 10.1. The van der Waals surface area contributed by atoms with E-state index in [1.54, 1.807) is 11.8 Å². The highest BCUT2D eigenvalue weighted by molar-refractivity contribution is 9.10. The fourth-order valence-corrected chi connectivity index (χ4v) is 3.76. The number of benzene rings is 2. The molecule has 0 aliphatic heterocycles. The van der Waals surface area contributed by atoms with Gasteiger partial charge in [0.1, 0.15) is 0 Å². The molecule has 102 valence electrons. The zero-order valence-electron chi connectivity index (χ0n) is 10.9. The minimum Gasteiger partial charge on any atom is -0.333 e. The third kappa shape index (κ3) is 2.75. The van der Waals surface area contributed by atoms with Crippen molar-refractivity contribution in [2.24, 2.45) is 5.73 Å². The molecule has 0 spiro atoms. The van der Waals surface area contributed by atoms with Gasteiger partial charge in [-0.05, 0) is 36.8 Å². The molecule has 1 unspecified atom stereocenters. The molecule has 3 N–H and O–H groups in total. The molecule has 1 heterocycles. The first kappa shape index (κ1) is 13.7. The van der Waals surface area contributed by atoms with Crippen LogP contribution < -0.4 is 5.73 Å². The van der Waals surface area contributed by atoms with Gasteiger partial charge in [-0.3, -0.25) is 0 Å². The number of H-pyrrole nitrogens is 1. The molecule has 3 aromatic rings. The van der Waals surface area contributed by atoms with Gasteiger partial charge in [0.25, 0.3) is 0 Å². The lowest BCUT2D eigenvalue weighted by molar-refractivity contribution is 0.811. The molecule has 0 radical (unpaired) electrons. The van der Waals surface area contributed by atoms with E-state index in [2.05, 4.69) is 44.1 Å². The van der Waals surface area contributed by atoms with E-state index in [1.165, 1.54) is 0 Å². The first-order chi connectivity index (χ1) is 9.63. The second kappa shape index (κ2) is 5.60. The third-order valence-corrected chi connectivity index (χ3v) is 4.61. The Labute approximate surface area is 130 Å². The predicted octanol–water partition coefficient (Wildman–Crippen LogP) is 4.50. The summed E-state index contributed by atoms with van der Waals surface area (Å²) >= 11 is 5.18. The third-order valence-electron chi connectivity index (χ3n) is 3.04. The van der Waals surface area contributed by atoms with Crippen LogP contribution in [0.5, 0.6) is 0 Å². The number of nitrogens with two attached hydrogens (primary N) is 1. The van der Waals surface area contributed by atoms with Gasteiger partial charge in [0.2, 0.25) is 0 Å². The topological polar surface area (TPSA) is 54.7 Å². The first-order valence-corrected chi connectivity index (χ1v) is 7.92. The van der Waals surface area contributed by atoms with E-state index in [4.69, 9.17) is 5.73 Å². The average Bonchev–Trinajstić information content (AvgIpc) is 2.80. The van der Waals surface area contributed by atoms with Gasteiger partial charge in [0, 0.05) is 15.4 Å². The number of aromatic nitrogens is 2. The summed E-state index contributed by atoms with van der Waals surface area (Å²) < 4.78 is 1.04. The van der Waals surface area contributed by atoms with Gasteiger partial charge in [-0.25, -0.2) is 4.98 Å². The van der Waals surface area contributed by atoms with Crippen LogP contribution in [0.2, 0.25) is 0 Å². The number of hydrogen-bond acceptors (Lipinski definition) is 3. The van der Waals surface area contributed by atoms with Crippen molar-refractivity contribution in [3.63, 3.8) is 0 Å². The van der Waals surface area contributed by atoms with Crippen molar-refractivity contribution < 1.29 is 0 Å². The number of nitrogens with one attached hydrogen (secondary N) is 1. The van der Waals surface area contributed by atoms with Crippen LogP contribution >= 0.6 is 27.7 Å². The molecule has 0 saturated heterocycles. The van der Waals surface area contributed by atoms with E-state index in [9.17, 15) is 0 Å². The highest BCUT2D eigenvalue weighted by Crippen LogP contribution is 2.32. The normalized spacial score (nSPS) is 12.8. The van der Waals surface area contributed by atoms with Crippen LogP contribution in [0.4, 0.5) is 0 Å². The Balaban J connectivity index is 1.89. The van der Waals surface area contributed by atoms with E-state index in [0.29, 0.717) is 0 Å². The van der Waals surface area contributed by atoms with Crippen molar-refractivity contribution >= 4 is 38.7 Å². The maximum atomic E-state index is 5.91. The number of hydrogen-bond donors (Lipinski definition) is 2. The molecule has 5 heteroatoms. The van der Waals surface area contributed by atoms with Crippen molar-refractivity contribution in [1.82, 2.24) is 9.97 Å². The number of imidazole rings is 1. The average molecular weight is 348 g/mol. The molecule has 0 bridgehead atoms. The van der Waals surface area contributed by atoms with Crippen molar-refractivity contribution in [2.75, 3.05) is 0 Å². The van der Waals surface area contributed by atoms with Gasteiger partial charge in [-0.1, -0.05) is 45.9 Å². The highest BCUT2D eigenvalue weighted by Gasteiger charge is 2.08. The van der Waals surface area contributed by atoms with E-state index < -0.39 is 0 Å². The number of rotatable bonds is 3. The standard InChI is InChI=1S/C15H14BrN3S/c1-9(17)11-7-6-10(8-12(11)16)20-15-18-13-4-2-3-5-14(13)19-15/h2-9H,17H2,1H3,(H,18,19). The van der Waals surface area contributed by atoms with Crippen LogP contribution in [0.15, 0.2) is 57.0 Å². The molecule has 3 nitrogen and oxygen atoms in total. The second-order valence-corrected chi connectivity index (χ2v) is 6.55. The lowest BCUT2D eigenvalue weighted by Crippen LogP contribution is -2.05. The number of aromatic amines is 1. The number of fused-ring (bicyclic) bond motifs is 1. The van der Waals surface area contributed by atoms with Crippen molar-refractivity contribution in [2.45, 2.75) is 23.0 Å².